The molecule has 1 fully saturated rings. The van der Waals surface area contributed by atoms with Crippen LogP contribution in [0.5, 0.6) is 5.75 Å². The second-order valence-corrected chi connectivity index (χ2v) is 7.96. The predicted molar refractivity (Wildman–Crippen MR) is 110 cm³/mol. The van der Waals surface area contributed by atoms with Gasteiger partial charge in [0.2, 0.25) is 5.91 Å². The van der Waals surface area contributed by atoms with Crippen molar-refractivity contribution in [3.63, 3.8) is 0 Å². The van der Waals surface area contributed by atoms with Crippen LogP contribution < -0.4 is 9.64 Å². The molecule has 0 unspecified atom stereocenters. The van der Waals surface area contributed by atoms with Gasteiger partial charge in [-0.05, 0) is 43.5 Å². The van der Waals surface area contributed by atoms with E-state index in [9.17, 15) is 4.79 Å². The van der Waals surface area contributed by atoms with Crippen LogP contribution in [0, 0.1) is 5.92 Å². The first-order valence-corrected chi connectivity index (χ1v) is 10.4. The number of anilines is 1. The molecule has 0 saturated heterocycles. The van der Waals surface area contributed by atoms with E-state index in [4.69, 9.17) is 9.72 Å². The van der Waals surface area contributed by atoms with Crippen LogP contribution in [0.1, 0.15) is 38.2 Å². The van der Waals surface area contributed by atoms with Crippen LogP contribution in [0.4, 0.5) is 5.13 Å². The highest BCUT2D eigenvalue weighted by Gasteiger charge is 2.30. The van der Waals surface area contributed by atoms with Gasteiger partial charge in [-0.2, -0.15) is 0 Å². The van der Waals surface area contributed by atoms with Crippen LogP contribution in [0.15, 0.2) is 48.5 Å². The number of fused-ring (bicyclic) bond motifs is 1. The lowest BCUT2D eigenvalue weighted by Crippen LogP contribution is -2.34. The second kappa shape index (κ2) is 8.09. The molecule has 4 nitrogen and oxygen atoms in total. The summed E-state index contributed by atoms with van der Waals surface area (Å²) in [7, 11) is 0. The van der Waals surface area contributed by atoms with E-state index in [0.29, 0.717) is 13.2 Å². The Labute approximate surface area is 163 Å². The third-order valence-electron chi connectivity index (χ3n) is 5.04. The number of thiazole rings is 1. The van der Waals surface area contributed by atoms with Gasteiger partial charge in [0.1, 0.15) is 5.75 Å². The Bertz CT molecular complexity index is 916. The lowest BCUT2D eigenvalue weighted by atomic mass is 10.1. The van der Waals surface area contributed by atoms with E-state index in [-0.39, 0.29) is 11.8 Å². The molecule has 3 aromatic rings. The first-order chi connectivity index (χ1) is 13.2. The summed E-state index contributed by atoms with van der Waals surface area (Å²) in [5, 5.41) is 0.777. The van der Waals surface area contributed by atoms with Gasteiger partial charge in [-0.15, -0.1) is 0 Å². The van der Waals surface area contributed by atoms with Gasteiger partial charge in [0.05, 0.1) is 23.4 Å². The van der Waals surface area contributed by atoms with Crippen molar-refractivity contribution in [2.24, 2.45) is 5.92 Å². The van der Waals surface area contributed by atoms with Gasteiger partial charge in [-0.25, -0.2) is 4.98 Å². The number of nitrogens with zero attached hydrogens (tertiary/aromatic N) is 2. The van der Waals surface area contributed by atoms with Crippen molar-refractivity contribution in [2.75, 3.05) is 11.5 Å². The Balaban J connectivity index is 1.68. The molecule has 5 heteroatoms. The molecule has 0 radical (unpaired) electrons. The molecular weight excluding hydrogens is 356 g/mol. The van der Waals surface area contributed by atoms with E-state index in [0.717, 1.165) is 52.3 Å². The molecule has 27 heavy (non-hydrogen) atoms. The average molecular weight is 381 g/mol. The quantitative estimate of drug-likeness (QED) is 0.573. The molecule has 2 aromatic carbocycles. The number of aromatic nitrogens is 1. The molecule has 1 saturated carbocycles. The Hall–Kier alpha value is -2.40. The fraction of sp³-hybridized carbons (Fsp3) is 0.364. The maximum absolute atomic E-state index is 13.3. The highest BCUT2D eigenvalue weighted by Crippen LogP contribution is 2.35. The summed E-state index contributed by atoms with van der Waals surface area (Å²) >= 11 is 1.57. The first kappa shape index (κ1) is 18.0. The third-order valence-corrected chi connectivity index (χ3v) is 6.09. The molecule has 0 aliphatic heterocycles. The number of hydrogen-bond acceptors (Lipinski definition) is 4. The standard InChI is InChI=1S/C22H24N2O2S/c1-2-26-18-12-13-19-20(14-18)27-22(23-19)24(15-16-8-4-3-5-9-16)21(25)17-10-6-7-11-17/h3-5,8-9,12-14,17H,2,6-7,10-11,15H2,1H3. The van der Waals surface area contributed by atoms with Crippen LogP contribution in [-0.2, 0) is 11.3 Å². The minimum atomic E-state index is 0.125. The van der Waals surface area contributed by atoms with Gasteiger partial charge in [0.15, 0.2) is 5.13 Å². The SMILES string of the molecule is CCOc1ccc2nc(N(Cc3ccccc3)C(=O)C3CCCC3)sc2c1. The highest BCUT2D eigenvalue weighted by atomic mass is 32.1. The van der Waals surface area contributed by atoms with E-state index in [1.165, 1.54) is 0 Å². The number of hydrogen-bond donors (Lipinski definition) is 0. The summed E-state index contributed by atoms with van der Waals surface area (Å²) in [6.07, 6.45) is 4.27. The maximum atomic E-state index is 13.3. The van der Waals surface area contributed by atoms with Gasteiger partial charge in [0, 0.05) is 5.92 Å². The number of ether oxygens (including phenoxy) is 1. The van der Waals surface area contributed by atoms with Gasteiger partial charge < -0.3 is 4.74 Å². The Morgan fingerprint density at radius 2 is 1.96 bits per heavy atom. The molecule has 0 atom stereocenters. The molecule has 0 spiro atoms. The number of carbonyl (C=O) groups is 1. The number of carbonyl (C=O) groups excluding carboxylic acids is 1. The second-order valence-electron chi connectivity index (χ2n) is 6.95. The zero-order chi connectivity index (χ0) is 18.6. The molecule has 1 aliphatic carbocycles. The van der Waals surface area contributed by atoms with Gasteiger partial charge in [0.25, 0.3) is 0 Å². The van der Waals surface area contributed by atoms with Crippen molar-refractivity contribution in [3.05, 3.63) is 54.1 Å². The zero-order valence-corrected chi connectivity index (χ0v) is 16.4. The van der Waals surface area contributed by atoms with Crippen LogP contribution in [-0.4, -0.2) is 17.5 Å². The van der Waals surface area contributed by atoms with E-state index in [2.05, 4.69) is 12.1 Å². The molecule has 4 rings (SSSR count). The van der Waals surface area contributed by atoms with Crippen molar-refractivity contribution >= 4 is 32.6 Å². The van der Waals surface area contributed by atoms with E-state index < -0.39 is 0 Å². The topological polar surface area (TPSA) is 42.4 Å². The van der Waals surface area contributed by atoms with Crippen LogP contribution in [0.2, 0.25) is 0 Å². The summed E-state index contributed by atoms with van der Waals surface area (Å²) in [5.41, 5.74) is 2.04. The molecule has 140 valence electrons. The maximum Gasteiger partial charge on any atom is 0.232 e. The third kappa shape index (κ3) is 3.98. The summed E-state index contributed by atoms with van der Waals surface area (Å²) in [4.78, 5) is 19.9. The number of benzene rings is 2. The lowest BCUT2D eigenvalue weighted by Gasteiger charge is -2.23. The van der Waals surface area contributed by atoms with E-state index in [1.807, 2.05) is 48.2 Å². The van der Waals surface area contributed by atoms with E-state index in [1.54, 1.807) is 11.3 Å². The van der Waals surface area contributed by atoms with Crippen molar-refractivity contribution in [1.82, 2.24) is 4.98 Å². The Morgan fingerprint density at radius 3 is 2.70 bits per heavy atom. The van der Waals surface area contributed by atoms with Crippen LogP contribution in [0.25, 0.3) is 10.2 Å². The van der Waals surface area contributed by atoms with Crippen molar-refractivity contribution in [2.45, 2.75) is 39.2 Å². The molecule has 1 amide bonds. The van der Waals surface area contributed by atoms with Crippen molar-refractivity contribution in [1.29, 1.82) is 0 Å². The molecule has 1 heterocycles. The molecular formula is C22H24N2O2S. The molecule has 0 bridgehead atoms. The summed E-state index contributed by atoms with van der Waals surface area (Å²) in [6, 6.07) is 16.1. The normalized spacial score (nSPS) is 14.6. The molecule has 1 aliphatic rings. The fourth-order valence-corrected chi connectivity index (χ4v) is 4.66. The summed E-state index contributed by atoms with van der Waals surface area (Å²) in [6.45, 7) is 3.18. The molecule has 0 N–H and O–H groups in total. The van der Waals surface area contributed by atoms with Crippen molar-refractivity contribution < 1.29 is 9.53 Å². The lowest BCUT2D eigenvalue weighted by molar-refractivity contribution is -0.122. The van der Waals surface area contributed by atoms with Gasteiger partial charge >= 0.3 is 0 Å². The highest BCUT2D eigenvalue weighted by molar-refractivity contribution is 7.22. The monoisotopic (exact) mass is 380 g/mol. The van der Waals surface area contributed by atoms with Crippen LogP contribution in [0.3, 0.4) is 0 Å². The van der Waals surface area contributed by atoms with Crippen molar-refractivity contribution in [3.8, 4) is 5.75 Å². The Morgan fingerprint density at radius 1 is 1.19 bits per heavy atom. The predicted octanol–water partition coefficient (Wildman–Crippen LogP) is 5.42. The largest absolute Gasteiger partial charge is 0.494 e. The number of rotatable bonds is 6. The van der Waals surface area contributed by atoms with Gasteiger partial charge in [-0.3, -0.25) is 9.69 Å². The summed E-state index contributed by atoms with van der Waals surface area (Å²) < 4.78 is 6.66. The fourth-order valence-electron chi connectivity index (χ4n) is 3.66. The zero-order valence-electron chi connectivity index (χ0n) is 15.6. The Kier molecular flexibility index (Phi) is 5.39. The smallest absolute Gasteiger partial charge is 0.232 e. The minimum absolute atomic E-state index is 0.125. The van der Waals surface area contributed by atoms with E-state index >= 15 is 0 Å². The average Bonchev–Trinajstić information content (AvgIpc) is 3.36. The minimum Gasteiger partial charge on any atom is -0.494 e. The van der Waals surface area contributed by atoms with Gasteiger partial charge in [-0.1, -0.05) is 54.5 Å². The summed E-state index contributed by atoms with van der Waals surface area (Å²) in [5.74, 6) is 1.18. The molecule has 1 aromatic heterocycles. The van der Waals surface area contributed by atoms with Crippen LogP contribution >= 0.6 is 11.3 Å². The first-order valence-electron chi connectivity index (χ1n) is 9.63. The number of amides is 1.